The molecule has 1 rings (SSSR count). The van der Waals surface area contributed by atoms with E-state index in [-0.39, 0.29) is 17.1 Å². The third kappa shape index (κ3) is 2.77. The van der Waals surface area contributed by atoms with Gasteiger partial charge in [0.1, 0.15) is 0 Å². The van der Waals surface area contributed by atoms with Gasteiger partial charge in [0.05, 0.1) is 5.75 Å². The minimum absolute atomic E-state index is 0.0556. The normalized spacial score (nSPS) is 24.6. The molecule has 0 amide bonds. The summed E-state index contributed by atoms with van der Waals surface area (Å²) in [7, 11) is -4.23. The van der Waals surface area contributed by atoms with Crippen molar-refractivity contribution in [3.63, 3.8) is 0 Å². The van der Waals surface area contributed by atoms with Crippen LogP contribution < -0.4 is 0 Å². The molecule has 0 aromatic carbocycles. The van der Waals surface area contributed by atoms with Crippen LogP contribution in [-0.4, -0.2) is 14.2 Å². The second-order valence-electron chi connectivity index (χ2n) is 4.14. The van der Waals surface area contributed by atoms with E-state index >= 15 is 0 Å². The van der Waals surface area contributed by atoms with Crippen LogP contribution >= 0.6 is 0 Å². The minimum atomic E-state index is -4.23. The van der Waals surface area contributed by atoms with Crippen molar-refractivity contribution >= 4 is 10.2 Å². The van der Waals surface area contributed by atoms with Crippen LogP contribution in [0, 0.1) is 11.3 Å². The van der Waals surface area contributed by atoms with E-state index in [1.165, 1.54) is 0 Å². The molecule has 1 fully saturated rings. The highest BCUT2D eigenvalue weighted by Crippen LogP contribution is 2.45. The fourth-order valence-corrected chi connectivity index (χ4v) is 2.70. The van der Waals surface area contributed by atoms with E-state index in [0.717, 1.165) is 12.8 Å². The topological polar surface area (TPSA) is 34.1 Å². The Kier molecular flexibility index (Phi) is 1.99. The standard InChI is InChI=1S/C7H13FO2S/c1-7(2)3-6(4-7)5-11(8,9)10/h6H,3-5H2,1-2H3. The summed E-state index contributed by atoms with van der Waals surface area (Å²) in [6, 6.07) is 0. The predicted octanol–water partition coefficient (Wildman–Crippen LogP) is 1.72. The quantitative estimate of drug-likeness (QED) is 0.606. The van der Waals surface area contributed by atoms with Gasteiger partial charge in [0.2, 0.25) is 0 Å². The summed E-state index contributed by atoms with van der Waals surface area (Å²) in [5.74, 6) is -0.226. The first-order chi connectivity index (χ1) is 4.79. The molecule has 4 heteroatoms. The first-order valence-electron chi connectivity index (χ1n) is 3.71. The third-order valence-corrected chi connectivity index (χ3v) is 2.99. The molecule has 11 heavy (non-hydrogen) atoms. The second kappa shape index (κ2) is 2.44. The largest absolute Gasteiger partial charge is 0.302 e. The molecular formula is C7H13FO2S. The van der Waals surface area contributed by atoms with Gasteiger partial charge in [-0.05, 0) is 24.2 Å². The van der Waals surface area contributed by atoms with Gasteiger partial charge in [0.15, 0.2) is 0 Å². The molecule has 66 valence electrons. The van der Waals surface area contributed by atoms with Crippen LogP contribution in [0.1, 0.15) is 26.7 Å². The summed E-state index contributed by atoms with van der Waals surface area (Å²) in [5.41, 5.74) is 0.232. The van der Waals surface area contributed by atoms with Gasteiger partial charge in [-0.1, -0.05) is 13.8 Å². The van der Waals surface area contributed by atoms with E-state index in [1.54, 1.807) is 0 Å². The van der Waals surface area contributed by atoms with Gasteiger partial charge >= 0.3 is 10.2 Å². The van der Waals surface area contributed by atoms with Crippen LogP contribution in [0.5, 0.6) is 0 Å². The average Bonchev–Trinajstić information content (AvgIpc) is 1.53. The van der Waals surface area contributed by atoms with Gasteiger partial charge in [0.25, 0.3) is 0 Å². The molecule has 0 radical (unpaired) electrons. The molecule has 0 bridgehead atoms. The van der Waals surface area contributed by atoms with Gasteiger partial charge in [-0.25, -0.2) is 0 Å². The van der Waals surface area contributed by atoms with Crippen molar-refractivity contribution in [3.05, 3.63) is 0 Å². The second-order valence-corrected chi connectivity index (χ2v) is 5.56. The molecule has 2 nitrogen and oxygen atoms in total. The Morgan fingerprint density at radius 1 is 1.45 bits per heavy atom. The fraction of sp³-hybridized carbons (Fsp3) is 1.00. The Bertz CT molecular complexity index is 235. The Morgan fingerprint density at radius 2 is 1.91 bits per heavy atom. The van der Waals surface area contributed by atoms with Gasteiger partial charge in [0, 0.05) is 0 Å². The van der Waals surface area contributed by atoms with Gasteiger partial charge in [-0.15, -0.1) is 3.89 Å². The summed E-state index contributed by atoms with van der Waals surface area (Å²) in [4.78, 5) is 0. The van der Waals surface area contributed by atoms with E-state index in [4.69, 9.17) is 0 Å². The maximum Gasteiger partial charge on any atom is 0.302 e. The van der Waals surface area contributed by atoms with Crippen molar-refractivity contribution in [2.45, 2.75) is 26.7 Å². The van der Waals surface area contributed by atoms with E-state index in [9.17, 15) is 12.3 Å². The van der Waals surface area contributed by atoms with Crippen LogP contribution in [0.4, 0.5) is 3.89 Å². The number of hydrogen-bond donors (Lipinski definition) is 0. The van der Waals surface area contributed by atoms with E-state index in [0.29, 0.717) is 0 Å². The van der Waals surface area contributed by atoms with Gasteiger partial charge < -0.3 is 0 Å². The molecule has 0 N–H and O–H groups in total. The van der Waals surface area contributed by atoms with Crippen molar-refractivity contribution < 1.29 is 12.3 Å². The molecule has 0 saturated heterocycles. The minimum Gasteiger partial charge on any atom is -0.195 e. The monoisotopic (exact) mass is 180 g/mol. The Hall–Kier alpha value is -0.120. The molecule has 0 aromatic rings. The molecule has 0 aliphatic heterocycles. The number of rotatable bonds is 2. The zero-order valence-corrected chi connectivity index (χ0v) is 7.62. The highest BCUT2D eigenvalue weighted by atomic mass is 32.3. The van der Waals surface area contributed by atoms with Crippen LogP contribution in [0.15, 0.2) is 0 Å². The van der Waals surface area contributed by atoms with Gasteiger partial charge in [-0.2, -0.15) is 8.42 Å². The first-order valence-corrected chi connectivity index (χ1v) is 5.26. The third-order valence-electron chi connectivity index (χ3n) is 2.12. The summed E-state index contributed by atoms with van der Waals surface area (Å²) in [6.45, 7) is 4.13. The van der Waals surface area contributed by atoms with Crippen molar-refractivity contribution in [2.24, 2.45) is 11.3 Å². The molecule has 1 saturated carbocycles. The Morgan fingerprint density at radius 3 is 2.18 bits per heavy atom. The lowest BCUT2D eigenvalue weighted by atomic mass is 9.65. The van der Waals surface area contributed by atoms with E-state index < -0.39 is 10.2 Å². The van der Waals surface area contributed by atoms with Crippen molar-refractivity contribution in [1.29, 1.82) is 0 Å². The molecule has 0 atom stereocenters. The lowest BCUT2D eigenvalue weighted by Crippen LogP contribution is -2.35. The lowest BCUT2D eigenvalue weighted by Gasteiger charge is -2.41. The highest BCUT2D eigenvalue weighted by Gasteiger charge is 2.38. The zero-order chi connectivity index (χ0) is 8.70. The predicted molar refractivity (Wildman–Crippen MR) is 41.4 cm³/mol. The van der Waals surface area contributed by atoms with E-state index in [2.05, 4.69) is 13.8 Å². The molecule has 0 heterocycles. The summed E-state index contributed by atoms with van der Waals surface area (Å²) in [5, 5.41) is 0. The van der Waals surface area contributed by atoms with Crippen LogP contribution in [0.2, 0.25) is 0 Å². The molecule has 0 spiro atoms. The zero-order valence-electron chi connectivity index (χ0n) is 6.80. The summed E-state index contributed by atoms with van der Waals surface area (Å²) < 4.78 is 32.4. The van der Waals surface area contributed by atoms with Gasteiger partial charge in [-0.3, -0.25) is 0 Å². The molecule has 0 unspecified atom stereocenters. The first kappa shape index (κ1) is 8.97. The van der Waals surface area contributed by atoms with Crippen molar-refractivity contribution in [3.8, 4) is 0 Å². The average molecular weight is 180 g/mol. The number of hydrogen-bond acceptors (Lipinski definition) is 2. The van der Waals surface area contributed by atoms with Crippen LogP contribution in [-0.2, 0) is 10.2 Å². The maximum absolute atomic E-state index is 12.1. The Balaban J connectivity index is 2.36. The van der Waals surface area contributed by atoms with Crippen molar-refractivity contribution in [1.82, 2.24) is 0 Å². The SMILES string of the molecule is CC1(C)CC(CS(=O)(=O)F)C1. The maximum atomic E-state index is 12.1. The van der Waals surface area contributed by atoms with Crippen molar-refractivity contribution in [2.75, 3.05) is 5.75 Å². The number of halogens is 1. The molecule has 0 aromatic heterocycles. The molecule has 1 aliphatic carbocycles. The summed E-state index contributed by atoms with van der Waals surface area (Å²) in [6.07, 6.45) is 1.66. The lowest BCUT2D eigenvalue weighted by molar-refractivity contribution is 0.112. The fourth-order valence-electron chi connectivity index (χ4n) is 1.90. The highest BCUT2D eigenvalue weighted by molar-refractivity contribution is 7.86. The van der Waals surface area contributed by atoms with Crippen LogP contribution in [0.3, 0.4) is 0 Å². The Labute approximate surface area is 67.0 Å². The van der Waals surface area contributed by atoms with E-state index in [1.807, 2.05) is 0 Å². The van der Waals surface area contributed by atoms with Crippen LogP contribution in [0.25, 0.3) is 0 Å². The molecular weight excluding hydrogens is 167 g/mol. The smallest absolute Gasteiger partial charge is 0.195 e. The summed E-state index contributed by atoms with van der Waals surface area (Å²) >= 11 is 0. The molecule has 1 aliphatic rings.